The van der Waals surface area contributed by atoms with Gasteiger partial charge in [-0.05, 0) is 40.7 Å². The van der Waals surface area contributed by atoms with Crippen molar-refractivity contribution >= 4 is 17.3 Å². The highest BCUT2D eigenvalue weighted by Gasteiger charge is 2.51. The highest BCUT2D eigenvalue weighted by atomic mass is 16.6. The molecule has 0 fully saturated rings. The molecular weight excluding hydrogens is 326 g/mol. The molecule has 0 aromatic heterocycles. The average Bonchev–Trinajstić information content (AvgIpc) is 2.44. The highest BCUT2D eigenvalue weighted by molar-refractivity contribution is 5.92. The molecule has 0 saturated heterocycles. The number of fused-ring (bicyclic) bond motifs is 1. The van der Waals surface area contributed by atoms with Crippen LogP contribution in [0, 0.1) is 10.1 Å². The van der Waals surface area contributed by atoms with E-state index in [0.29, 0.717) is 11.3 Å². The molecule has 0 unspecified atom stereocenters. The fourth-order valence-corrected chi connectivity index (χ4v) is 3.44. The summed E-state index contributed by atoms with van der Waals surface area (Å²) >= 11 is 0. The number of aliphatic hydroxyl groups is 1. The Morgan fingerprint density at radius 2 is 1.96 bits per heavy atom. The first-order valence-electron chi connectivity index (χ1n) is 8.13. The fraction of sp³-hybridized carbons (Fsp3) is 0.588. The molecule has 2 rings (SSSR count). The molecule has 8 nitrogen and oxygen atoms in total. The van der Waals surface area contributed by atoms with Crippen molar-refractivity contribution in [2.75, 3.05) is 5.32 Å². The van der Waals surface area contributed by atoms with Crippen LogP contribution in [-0.4, -0.2) is 33.7 Å². The smallest absolute Gasteiger partial charge is 0.296 e. The number of carbonyl (C=O) groups is 1. The molecule has 1 aliphatic rings. The van der Waals surface area contributed by atoms with Gasteiger partial charge in [-0.25, -0.2) is 0 Å². The van der Waals surface area contributed by atoms with Crippen LogP contribution in [0.15, 0.2) is 12.1 Å². The molecule has 8 heteroatoms. The lowest BCUT2D eigenvalue weighted by Crippen LogP contribution is -2.63. The number of nitro benzene ring substituents is 1. The quantitative estimate of drug-likeness (QED) is 0.566. The maximum absolute atomic E-state index is 11.4. The maximum Gasteiger partial charge on any atom is 0.296 e. The third kappa shape index (κ3) is 3.45. The lowest BCUT2D eigenvalue weighted by atomic mass is 9.75. The molecule has 25 heavy (non-hydrogen) atoms. The molecule has 2 atom stereocenters. The summed E-state index contributed by atoms with van der Waals surface area (Å²) in [5.41, 5.74) is -1.49. The van der Waals surface area contributed by atoms with E-state index in [1.54, 1.807) is 13.8 Å². The van der Waals surface area contributed by atoms with Gasteiger partial charge in [0.2, 0.25) is 5.91 Å². The number of nitrogens with zero attached hydrogens (tertiary/aromatic N) is 1. The third-order valence-electron chi connectivity index (χ3n) is 4.33. The molecule has 1 amide bonds. The number of nitrogens with one attached hydrogen (secondary N) is 2. The van der Waals surface area contributed by atoms with Crippen LogP contribution < -0.4 is 15.4 Å². The van der Waals surface area contributed by atoms with Crippen LogP contribution in [0.25, 0.3) is 0 Å². The van der Waals surface area contributed by atoms with Gasteiger partial charge in [0.1, 0.15) is 23.1 Å². The van der Waals surface area contributed by atoms with E-state index in [9.17, 15) is 20.0 Å². The number of ether oxygens (including phenoxy) is 1. The van der Waals surface area contributed by atoms with Gasteiger partial charge in [0.25, 0.3) is 5.69 Å². The zero-order valence-electron chi connectivity index (χ0n) is 15.3. The first-order chi connectivity index (χ1) is 11.4. The number of rotatable bonds is 4. The Morgan fingerprint density at radius 1 is 1.36 bits per heavy atom. The van der Waals surface area contributed by atoms with Gasteiger partial charge in [-0.15, -0.1) is 0 Å². The number of hydrogen-bond donors (Lipinski definition) is 3. The Balaban J connectivity index is 2.73. The molecule has 1 aliphatic heterocycles. The van der Waals surface area contributed by atoms with E-state index in [-0.39, 0.29) is 17.4 Å². The first-order valence-corrected chi connectivity index (χ1v) is 8.13. The molecule has 0 radical (unpaired) electrons. The van der Waals surface area contributed by atoms with Gasteiger partial charge in [0.15, 0.2) is 0 Å². The number of hydrogen-bond acceptors (Lipinski definition) is 6. The zero-order chi connectivity index (χ0) is 19.2. The van der Waals surface area contributed by atoms with Crippen LogP contribution in [0.3, 0.4) is 0 Å². The number of anilines is 1. The lowest BCUT2D eigenvalue weighted by Gasteiger charge is -2.49. The normalized spacial score (nSPS) is 24.4. The van der Waals surface area contributed by atoms with Crippen LogP contribution in [-0.2, 0) is 10.3 Å². The summed E-state index contributed by atoms with van der Waals surface area (Å²) in [6, 6.07) is 2.85. The predicted octanol–water partition coefficient (Wildman–Crippen LogP) is 2.30. The fourth-order valence-electron chi connectivity index (χ4n) is 3.44. The Hall–Kier alpha value is -2.19. The Bertz CT molecular complexity index is 716. The second kappa shape index (κ2) is 6.27. The van der Waals surface area contributed by atoms with E-state index in [0.717, 1.165) is 0 Å². The average molecular weight is 351 g/mol. The number of carbonyl (C=O) groups excluding carboxylic acids is 1. The van der Waals surface area contributed by atoms with E-state index in [2.05, 4.69) is 10.6 Å². The number of benzene rings is 1. The number of aliphatic hydroxyl groups excluding tert-OH is 1. The summed E-state index contributed by atoms with van der Waals surface area (Å²) in [6.45, 7) is 10.5. The SMILES string of the molecule is CC(=O)Nc1cc2c(cc1[N+](=O)[O-])OC(C)(C)[C@H](O)[C@@]2(C)NC(C)C. The molecule has 0 saturated carbocycles. The zero-order valence-corrected chi connectivity index (χ0v) is 15.3. The largest absolute Gasteiger partial charge is 0.484 e. The van der Waals surface area contributed by atoms with E-state index in [1.165, 1.54) is 19.1 Å². The molecule has 3 N–H and O–H groups in total. The van der Waals surface area contributed by atoms with Crippen molar-refractivity contribution in [3.63, 3.8) is 0 Å². The Morgan fingerprint density at radius 3 is 2.44 bits per heavy atom. The van der Waals surface area contributed by atoms with E-state index in [1.807, 2.05) is 20.8 Å². The molecular formula is C17H25N3O5. The standard InChI is InChI=1S/C17H25N3O5/c1-9(2)19-17(6)11-7-12(18-10(3)21)13(20(23)24)8-14(11)25-16(4,5)15(17)22/h7-9,15,19,22H,1-6H3,(H,18,21)/t15-,17-/m0/s1. The minimum Gasteiger partial charge on any atom is -0.484 e. The van der Waals surface area contributed by atoms with Crippen molar-refractivity contribution in [1.82, 2.24) is 5.32 Å². The summed E-state index contributed by atoms with van der Waals surface area (Å²) < 4.78 is 5.85. The highest BCUT2D eigenvalue weighted by Crippen LogP contribution is 2.47. The minimum atomic E-state index is -0.951. The summed E-state index contributed by atoms with van der Waals surface area (Å²) in [4.78, 5) is 22.3. The van der Waals surface area contributed by atoms with Gasteiger partial charge in [-0.3, -0.25) is 14.9 Å². The summed E-state index contributed by atoms with van der Waals surface area (Å²) in [5, 5.41) is 28.1. The lowest BCUT2D eigenvalue weighted by molar-refractivity contribution is -0.384. The minimum absolute atomic E-state index is 0.0424. The predicted molar refractivity (Wildman–Crippen MR) is 93.7 cm³/mol. The van der Waals surface area contributed by atoms with Crippen LogP contribution in [0.2, 0.25) is 0 Å². The topological polar surface area (TPSA) is 114 Å². The molecule has 0 aliphatic carbocycles. The van der Waals surface area contributed by atoms with Gasteiger partial charge >= 0.3 is 0 Å². The van der Waals surface area contributed by atoms with Gasteiger partial charge in [0, 0.05) is 18.5 Å². The Kier molecular flexibility index (Phi) is 4.80. The molecule has 1 aromatic rings. The first kappa shape index (κ1) is 19.1. The van der Waals surface area contributed by atoms with Crippen molar-refractivity contribution in [2.24, 2.45) is 0 Å². The van der Waals surface area contributed by atoms with E-state index in [4.69, 9.17) is 4.74 Å². The molecule has 1 aromatic carbocycles. The maximum atomic E-state index is 11.4. The summed E-state index contributed by atoms with van der Waals surface area (Å²) in [7, 11) is 0. The van der Waals surface area contributed by atoms with Crippen LogP contribution in [0.4, 0.5) is 11.4 Å². The van der Waals surface area contributed by atoms with Crippen LogP contribution >= 0.6 is 0 Å². The second-order valence-electron chi connectivity index (χ2n) is 7.41. The van der Waals surface area contributed by atoms with E-state index < -0.39 is 28.1 Å². The summed E-state index contributed by atoms with van der Waals surface area (Å²) in [6.07, 6.45) is -0.915. The van der Waals surface area contributed by atoms with Gasteiger partial charge < -0.3 is 20.5 Å². The van der Waals surface area contributed by atoms with Crippen molar-refractivity contribution in [1.29, 1.82) is 0 Å². The van der Waals surface area contributed by atoms with Crippen molar-refractivity contribution in [3.05, 3.63) is 27.8 Å². The van der Waals surface area contributed by atoms with Crippen molar-refractivity contribution in [3.8, 4) is 5.75 Å². The van der Waals surface area contributed by atoms with Gasteiger partial charge in [-0.1, -0.05) is 0 Å². The Labute approximate surface area is 146 Å². The third-order valence-corrected chi connectivity index (χ3v) is 4.33. The monoisotopic (exact) mass is 351 g/mol. The molecule has 1 heterocycles. The van der Waals surface area contributed by atoms with Crippen LogP contribution in [0.1, 0.15) is 47.1 Å². The number of nitro groups is 1. The van der Waals surface area contributed by atoms with Crippen molar-refractivity contribution in [2.45, 2.75) is 64.8 Å². The van der Waals surface area contributed by atoms with Gasteiger partial charge in [0.05, 0.1) is 16.5 Å². The van der Waals surface area contributed by atoms with Crippen molar-refractivity contribution < 1.29 is 19.6 Å². The molecule has 0 spiro atoms. The van der Waals surface area contributed by atoms with E-state index >= 15 is 0 Å². The molecule has 0 bridgehead atoms. The summed E-state index contributed by atoms with van der Waals surface area (Å²) in [5.74, 6) is -0.106. The van der Waals surface area contributed by atoms with Crippen LogP contribution in [0.5, 0.6) is 5.75 Å². The molecule has 138 valence electrons. The van der Waals surface area contributed by atoms with Gasteiger partial charge in [-0.2, -0.15) is 0 Å². The second-order valence-corrected chi connectivity index (χ2v) is 7.41. The number of amides is 1.